The molecule has 1 saturated heterocycles. The van der Waals surface area contributed by atoms with Crippen LogP contribution in [0, 0.1) is 13.8 Å². The molecule has 1 aromatic carbocycles. The first kappa shape index (κ1) is 12.8. The van der Waals surface area contributed by atoms with E-state index in [0.717, 1.165) is 17.8 Å². The lowest BCUT2D eigenvalue weighted by Crippen LogP contribution is -2.31. The fraction of sp³-hybridized carbons (Fsp3) is 0.389. The number of hydrogen-bond donors (Lipinski definition) is 1. The Bertz CT molecular complexity index is 711. The SMILES string of the molecule is Cc1cc(C)n(-c2cccc(C3=CC4CCC(C3)N4)c2)n1. The largest absolute Gasteiger partial charge is 0.307 e. The normalized spacial score (nSPS) is 24.2. The van der Waals surface area contributed by atoms with E-state index in [-0.39, 0.29) is 0 Å². The van der Waals surface area contributed by atoms with Crippen molar-refractivity contribution in [3.8, 4) is 5.69 Å². The van der Waals surface area contributed by atoms with Gasteiger partial charge in [0, 0.05) is 17.8 Å². The molecule has 0 aliphatic carbocycles. The average molecular weight is 279 g/mol. The lowest BCUT2D eigenvalue weighted by Gasteiger charge is -2.22. The lowest BCUT2D eigenvalue weighted by atomic mass is 9.96. The van der Waals surface area contributed by atoms with Crippen molar-refractivity contribution in [1.82, 2.24) is 15.1 Å². The van der Waals surface area contributed by atoms with E-state index in [1.165, 1.54) is 29.7 Å². The van der Waals surface area contributed by atoms with Gasteiger partial charge in [-0.2, -0.15) is 5.10 Å². The second-order valence-corrected chi connectivity index (χ2v) is 6.33. The molecule has 4 rings (SSSR count). The highest BCUT2D eigenvalue weighted by atomic mass is 15.3. The summed E-state index contributed by atoms with van der Waals surface area (Å²) in [6.07, 6.45) is 6.16. The Morgan fingerprint density at radius 1 is 1.19 bits per heavy atom. The summed E-state index contributed by atoms with van der Waals surface area (Å²) in [6, 6.07) is 12.2. The molecule has 108 valence electrons. The van der Waals surface area contributed by atoms with Crippen LogP contribution in [-0.4, -0.2) is 21.9 Å². The summed E-state index contributed by atoms with van der Waals surface area (Å²) in [5, 5.41) is 8.25. The summed E-state index contributed by atoms with van der Waals surface area (Å²) < 4.78 is 2.04. The topological polar surface area (TPSA) is 29.9 Å². The average Bonchev–Trinajstić information content (AvgIpc) is 3.00. The van der Waals surface area contributed by atoms with Crippen LogP contribution in [0.25, 0.3) is 11.3 Å². The highest BCUT2D eigenvalue weighted by Crippen LogP contribution is 2.32. The van der Waals surface area contributed by atoms with Gasteiger partial charge in [-0.3, -0.25) is 0 Å². The van der Waals surface area contributed by atoms with Crippen LogP contribution in [0.1, 0.15) is 36.2 Å². The highest BCUT2D eigenvalue weighted by molar-refractivity contribution is 5.69. The van der Waals surface area contributed by atoms with Gasteiger partial charge < -0.3 is 5.32 Å². The molecule has 0 spiro atoms. The van der Waals surface area contributed by atoms with Gasteiger partial charge in [-0.1, -0.05) is 18.2 Å². The van der Waals surface area contributed by atoms with Crippen LogP contribution < -0.4 is 5.32 Å². The summed E-state index contributed by atoms with van der Waals surface area (Å²) in [7, 11) is 0. The minimum Gasteiger partial charge on any atom is -0.307 e. The van der Waals surface area contributed by atoms with Crippen molar-refractivity contribution in [2.45, 2.75) is 45.2 Å². The molecule has 2 aliphatic rings. The maximum atomic E-state index is 4.59. The van der Waals surface area contributed by atoms with E-state index in [1.54, 1.807) is 0 Å². The molecule has 2 aliphatic heterocycles. The maximum absolute atomic E-state index is 4.59. The van der Waals surface area contributed by atoms with E-state index >= 15 is 0 Å². The molecule has 3 heterocycles. The van der Waals surface area contributed by atoms with Crippen LogP contribution in [-0.2, 0) is 0 Å². The van der Waals surface area contributed by atoms with Crippen LogP contribution in [0.3, 0.4) is 0 Å². The van der Waals surface area contributed by atoms with Crippen LogP contribution in [0.4, 0.5) is 0 Å². The highest BCUT2D eigenvalue weighted by Gasteiger charge is 2.28. The predicted octanol–water partition coefficient (Wildman–Crippen LogP) is 3.40. The van der Waals surface area contributed by atoms with Crippen molar-refractivity contribution in [3.05, 3.63) is 53.4 Å². The Morgan fingerprint density at radius 2 is 2.10 bits per heavy atom. The van der Waals surface area contributed by atoms with Crippen molar-refractivity contribution in [1.29, 1.82) is 0 Å². The number of fused-ring (bicyclic) bond motifs is 2. The first-order valence-electron chi connectivity index (χ1n) is 7.80. The van der Waals surface area contributed by atoms with Crippen LogP contribution >= 0.6 is 0 Å². The molecule has 21 heavy (non-hydrogen) atoms. The minimum absolute atomic E-state index is 0.580. The second-order valence-electron chi connectivity index (χ2n) is 6.33. The fourth-order valence-electron chi connectivity index (χ4n) is 3.66. The quantitative estimate of drug-likeness (QED) is 0.913. The zero-order valence-electron chi connectivity index (χ0n) is 12.6. The number of hydrogen-bond acceptors (Lipinski definition) is 2. The van der Waals surface area contributed by atoms with Gasteiger partial charge in [0.05, 0.1) is 11.4 Å². The zero-order chi connectivity index (χ0) is 14.4. The van der Waals surface area contributed by atoms with Gasteiger partial charge in [-0.25, -0.2) is 4.68 Å². The molecular formula is C18H21N3. The van der Waals surface area contributed by atoms with Crippen molar-refractivity contribution in [2.75, 3.05) is 0 Å². The molecule has 0 radical (unpaired) electrons. The zero-order valence-corrected chi connectivity index (χ0v) is 12.6. The molecule has 2 aromatic rings. The van der Waals surface area contributed by atoms with Gasteiger partial charge in [-0.15, -0.1) is 0 Å². The number of aromatic nitrogens is 2. The molecule has 3 nitrogen and oxygen atoms in total. The first-order valence-corrected chi connectivity index (χ1v) is 7.80. The van der Waals surface area contributed by atoms with Gasteiger partial charge in [0.2, 0.25) is 0 Å². The lowest BCUT2D eigenvalue weighted by molar-refractivity contribution is 0.575. The van der Waals surface area contributed by atoms with Crippen molar-refractivity contribution in [3.63, 3.8) is 0 Å². The fourth-order valence-corrected chi connectivity index (χ4v) is 3.66. The van der Waals surface area contributed by atoms with E-state index in [0.29, 0.717) is 12.1 Å². The molecule has 3 heteroatoms. The summed E-state index contributed by atoms with van der Waals surface area (Å²) in [6.45, 7) is 4.15. The summed E-state index contributed by atoms with van der Waals surface area (Å²) in [5.41, 5.74) is 6.24. The van der Waals surface area contributed by atoms with E-state index in [4.69, 9.17) is 0 Å². The second kappa shape index (κ2) is 4.85. The van der Waals surface area contributed by atoms with Gasteiger partial charge in [-0.05, 0) is 62.4 Å². The molecule has 0 saturated carbocycles. The van der Waals surface area contributed by atoms with Gasteiger partial charge in [0.25, 0.3) is 0 Å². The van der Waals surface area contributed by atoms with Crippen LogP contribution in [0.5, 0.6) is 0 Å². The molecular weight excluding hydrogens is 258 g/mol. The predicted molar refractivity (Wildman–Crippen MR) is 85.6 cm³/mol. The molecule has 1 N–H and O–H groups in total. The van der Waals surface area contributed by atoms with Gasteiger partial charge in [0.1, 0.15) is 0 Å². The molecule has 2 bridgehead atoms. The van der Waals surface area contributed by atoms with E-state index in [9.17, 15) is 0 Å². The number of rotatable bonds is 2. The smallest absolute Gasteiger partial charge is 0.0654 e. The van der Waals surface area contributed by atoms with E-state index in [2.05, 4.69) is 53.7 Å². The monoisotopic (exact) mass is 279 g/mol. The molecule has 0 amide bonds. The van der Waals surface area contributed by atoms with Gasteiger partial charge in [0.15, 0.2) is 0 Å². The molecule has 2 atom stereocenters. The van der Waals surface area contributed by atoms with Crippen molar-refractivity contribution < 1.29 is 0 Å². The first-order chi connectivity index (χ1) is 10.2. The van der Waals surface area contributed by atoms with Crippen LogP contribution in [0.15, 0.2) is 36.4 Å². The molecule has 2 unspecified atom stereocenters. The number of nitrogens with zero attached hydrogens (tertiary/aromatic N) is 2. The van der Waals surface area contributed by atoms with Crippen LogP contribution in [0.2, 0.25) is 0 Å². The Balaban J connectivity index is 1.72. The standard InChI is InChI=1S/C18H21N3/c1-12-8-13(2)21(20-12)18-5-3-4-14(11-18)15-9-16-6-7-17(10-15)19-16/h3-5,8-9,11,16-17,19H,6-7,10H2,1-2H3. The number of nitrogens with one attached hydrogen (secondary N) is 1. The Labute approximate surface area is 125 Å². The van der Waals surface area contributed by atoms with E-state index < -0.39 is 0 Å². The minimum atomic E-state index is 0.580. The van der Waals surface area contributed by atoms with Crippen molar-refractivity contribution in [2.24, 2.45) is 0 Å². The van der Waals surface area contributed by atoms with Crippen molar-refractivity contribution >= 4 is 5.57 Å². The summed E-state index contributed by atoms with van der Waals surface area (Å²) in [5.74, 6) is 0. The third-order valence-corrected chi connectivity index (χ3v) is 4.62. The van der Waals surface area contributed by atoms with E-state index in [1.807, 2.05) is 11.6 Å². The Hall–Kier alpha value is -1.87. The molecule has 1 fully saturated rings. The Morgan fingerprint density at radius 3 is 2.86 bits per heavy atom. The maximum Gasteiger partial charge on any atom is 0.0654 e. The number of benzene rings is 1. The molecule has 1 aromatic heterocycles. The number of aryl methyl sites for hydroxylation is 2. The summed E-state index contributed by atoms with van der Waals surface area (Å²) >= 11 is 0. The summed E-state index contributed by atoms with van der Waals surface area (Å²) in [4.78, 5) is 0. The third-order valence-electron chi connectivity index (χ3n) is 4.62. The Kier molecular flexibility index (Phi) is 2.96. The third kappa shape index (κ3) is 2.32. The van der Waals surface area contributed by atoms with Gasteiger partial charge >= 0.3 is 0 Å².